The summed E-state index contributed by atoms with van der Waals surface area (Å²) < 4.78 is 0. The van der Waals surface area contributed by atoms with Gasteiger partial charge in [-0.25, -0.2) is 0 Å². The highest BCUT2D eigenvalue weighted by atomic mass is 16.6. The first-order chi connectivity index (χ1) is 8.41. The monoisotopic (exact) mass is 252 g/mol. The Labute approximate surface area is 103 Å². The van der Waals surface area contributed by atoms with Gasteiger partial charge in [-0.1, -0.05) is 13.8 Å². The van der Waals surface area contributed by atoms with E-state index in [1.807, 2.05) is 13.8 Å². The molecule has 0 heterocycles. The van der Waals surface area contributed by atoms with Gasteiger partial charge in [0.2, 0.25) is 0 Å². The van der Waals surface area contributed by atoms with Gasteiger partial charge in [-0.15, -0.1) is 0 Å². The van der Waals surface area contributed by atoms with E-state index in [9.17, 15) is 20.2 Å². The van der Waals surface area contributed by atoms with Crippen LogP contribution in [0, 0.1) is 26.1 Å². The fourth-order valence-electron chi connectivity index (χ4n) is 1.14. The number of anilines is 1. The highest BCUT2D eigenvalue weighted by molar-refractivity contribution is 5.67. The van der Waals surface area contributed by atoms with Crippen LogP contribution in [0.2, 0.25) is 0 Å². The maximum atomic E-state index is 10.8. The molecule has 0 aliphatic rings. The van der Waals surface area contributed by atoms with Gasteiger partial charge in [0.25, 0.3) is 5.69 Å². The maximum absolute atomic E-state index is 10.8. The second-order valence-corrected chi connectivity index (χ2v) is 3.85. The number of hydrogen-bond donors (Lipinski definition) is 1. The SMILES string of the molecule is CC(C)/C=N/Nc1ccc([N+](=O)[O-])cc1[N+](=O)[O-]. The Bertz CT molecular complexity index is 499. The van der Waals surface area contributed by atoms with Crippen molar-refractivity contribution in [1.29, 1.82) is 0 Å². The predicted molar refractivity (Wildman–Crippen MR) is 66.7 cm³/mol. The molecule has 0 radical (unpaired) electrons. The molecular formula is C10H12N4O4. The van der Waals surface area contributed by atoms with E-state index < -0.39 is 9.85 Å². The molecule has 96 valence electrons. The Balaban J connectivity index is 3.04. The van der Waals surface area contributed by atoms with E-state index in [1.165, 1.54) is 12.1 Å². The van der Waals surface area contributed by atoms with Crippen LogP contribution in [-0.2, 0) is 0 Å². The van der Waals surface area contributed by atoms with Crippen LogP contribution in [0.25, 0.3) is 0 Å². The molecule has 1 aromatic rings. The Morgan fingerprint density at radius 2 is 1.94 bits per heavy atom. The molecule has 8 heteroatoms. The third-order valence-electron chi connectivity index (χ3n) is 1.95. The number of rotatable bonds is 5. The van der Waals surface area contributed by atoms with E-state index in [1.54, 1.807) is 6.21 Å². The second kappa shape index (κ2) is 5.71. The van der Waals surface area contributed by atoms with Gasteiger partial charge in [0.05, 0.1) is 15.9 Å². The van der Waals surface area contributed by atoms with Crippen LogP contribution < -0.4 is 5.43 Å². The zero-order valence-electron chi connectivity index (χ0n) is 9.86. The minimum Gasteiger partial charge on any atom is -0.272 e. The summed E-state index contributed by atoms with van der Waals surface area (Å²) in [4.78, 5) is 19.9. The number of nitrogens with one attached hydrogen (secondary N) is 1. The van der Waals surface area contributed by atoms with Crippen molar-refractivity contribution in [3.63, 3.8) is 0 Å². The van der Waals surface area contributed by atoms with Crippen molar-refractivity contribution >= 4 is 23.3 Å². The molecule has 0 aliphatic heterocycles. The number of hydrogen-bond acceptors (Lipinski definition) is 6. The number of nitrogens with zero attached hydrogens (tertiary/aromatic N) is 3. The quantitative estimate of drug-likeness (QED) is 0.491. The summed E-state index contributed by atoms with van der Waals surface area (Å²) in [6.45, 7) is 3.80. The van der Waals surface area contributed by atoms with Gasteiger partial charge in [0, 0.05) is 12.3 Å². The summed E-state index contributed by atoms with van der Waals surface area (Å²) in [5, 5.41) is 25.1. The second-order valence-electron chi connectivity index (χ2n) is 3.85. The first-order valence-electron chi connectivity index (χ1n) is 5.14. The van der Waals surface area contributed by atoms with Crippen LogP contribution in [0.4, 0.5) is 17.1 Å². The van der Waals surface area contributed by atoms with Crippen LogP contribution >= 0.6 is 0 Å². The number of nitro groups is 2. The molecule has 1 aromatic carbocycles. The summed E-state index contributed by atoms with van der Waals surface area (Å²) in [6, 6.07) is 3.33. The van der Waals surface area contributed by atoms with Crippen molar-refractivity contribution in [2.24, 2.45) is 11.0 Å². The van der Waals surface area contributed by atoms with Gasteiger partial charge in [-0.05, 0) is 12.0 Å². The van der Waals surface area contributed by atoms with Crippen molar-refractivity contribution in [2.45, 2.75) is 13.8 Å². The maximum Gasteiger partial charge on any atom is 0.301 e. The van der Waals surface area contributed by atoms with Crippen LogP contribution in [0.5, 0.6) is 0 Å². The molecule has 0 bridgehead atoms. The molecule has 0 saturated carbocycles. The summed E-state index contributed by atoms with van der Waals surface area (Å²) >= 11 is 0. The molecule has 0 spiro atoms. The van der Waals surface area contributed by atoms with Gasteiger partial charge in [-0.2, -0.15) is 5.10 Å². The Kier molecular flexibility index (Phi) is 4.30. The normalized spacial score (nSPS) is 10.8. The Morgan fingerprint density at radius 3 is 2.44 bits per heavy atom. The topological polar surface area (TPSA) is 111 Å². The van der Waals surface area contributed by atoms with E-state index in [0.29, 0.717) is 0 Å². The van der Waals surface area contributed by atoms with Gasteiger partial charge >= 0.3 is 5.69 Å². The van der Waals surface area contributed by atoms with Crippen LogP contribution in [0.15, 0.2) is 23.3 Å². The zero-order valence-corrected chi connectivity index (χ0v) is 9.86. The standard InChI is InChI=1S/C10H12N4O4/c1-7(2)6-11-12-9-4-3-8(13(15)16)5-10(9)14(17)18/h3-7,12H,1-2H3/b11-6+. The first-order valence-corrected chi connectivity index (χ1v) is 5.14. The molecule has 0 fully saturated rings. The van der Waals surface area contributed by atoms with E-state index in [2.05, 4.69) is 10.5 Å². The van der Waals surface area contributed by atoms with E-state index in [0.717, 1.165) is 6.07 Å². The third-order valence-corrected chi connectivity index (χ3v) is 1.95. The number of hydrazone groups is 1. The minimum atomic E-state index is -0.694. The van der Waals surface area contributed by atoms with Gasteiger partial charge in [0.1, 0.15) is 5.69 Å². The number of nitro benzene ring substituents is 2. The fraction of sp³-hybridized carbons (Fsp3) is 0.300. The molecule has 8 nitrogen and oxygen atoms in total. The summed E-state index contributed by atoms with van der Waals surface area (Å²) in [5.74, 6) is 0.189. The van der Waals surface area contributed by atoms with Crippen molar-refractivity contribution in [3.05, 3.63) is 38.4 Å². The summed E-state index contributed by atoms with van der Waals surface area (Å²) in [5.41, 5.74) is 1.89. The number of benzene rings is 1. The molecule has 0 saturated heterocycles. The summed E-state index contributed by atoms with van der Waals surface area (Å²) in [6.07, 6.45) is 1.57. The van der Waals surface area contributed by atoms with E-state index in [-0.39, 0.29) is 23.0 Å². The van der Waals surface area contributed by atoms with E-state index >= 15 is 0 Å². The van der Waals surface area contributed by atoms with Gasteiger partial charge < -0.3 is 0 Å². The lowest BCUT2D eigenvalue weighted by Gasteiger charge is -2.02. The first kappa shape index (κ1) is 13.6. The van der Waals surface area contributed by atoms with E-state index in [4.69, 9.17) is 0 Å². The molecule has 1 rings (SSSR count). The lowest BCUT2D eigenvalue weighted by atomic mass is 10.2. The number of non-ortho nitro benzene ring substituents is 1. The lowest BCUT2D eigenvalue weighted by molar-refractivity contribution is -0.393. The van der Waals surface area contributed by atoms with Gasteiger partial charge in [-0.3, -0.25) is 25.7 Å². The highest BCUT2D eigenvalue weighted by Gasteiger charge is 2.18. The van der Waals surface area contributed by atoms with Gasteiger partial charge in [0.15, 0.2) is 0 Å². The van der Waals surface area contributed by atoms with Crippen molar-refractivity contribution in [3.8, 4) is 0 Å². The predicted octanol–water partition coefficient (Wildman–Crippen LogP) is 2.56. The summed E-state index contributed by atoms with van der Waals surface area (Å²) in [7, 11) is 0. The molecular weight excluding hydrogens is 240 g/mol. The third kappa shape index (κ3) is 3.51. The average Bonchev–Trinajstić information content (AvgIpc) is 2.28. The van der Waals surface area contributed by atoms with Crippen molar-refractivity contribution in [2.75, 3.05) is 5.43 Å². The zero-order chi connectivity index (χ0) is 13.7. The minimum absolute atomic E-state index is 0.113. The largest absolute Gasteiger partial charge is 0.301 e. The van der Waals surface area contributed by atoms with Crippen LogP contribution in [0.3, 0.4) is 0 Å². The van der Waals surface area contributed by atoms with Crippen LogP contribution in [0.1, 0.15) is 13.8 Å². The Hall–Kier alpha value is -2.51. The van der Waals surface area contributed by atoms with Crippen molar-refractivity contribution < 1.29 is 9.85 Å². The average molecular weight is 252 g/mol. The molecule has 0 atom stereocenters. The Morgan fingerprint density at radius 1 is 1.28 bits per heavy atom. The molecule has 0 aliphatic carbocycles. The molecule has 0 amide bonds. The van der Waals surface area contributed by atoms with Crippen LogP contribution in [-0.4, -0.2) is 16.1 Å². The fourth-order valence-corrected chi connectivity index (χ4v) is 1.14. The molecule has 0 unspecified atom stereocenters. The molecule has 18 heavy (non-hydrogen) atoms. The lowest BCUT2D eigenvalue weighted by Crippen LogP contribution is -1.99. The smallest absolute Gasteiger partial charge is 0.272 e. The molecule has 1 N–H and O–H groups in total. The highest BCUT2D eigenvalue weighted by Crippen LogP contribution is 2.28. The van der Waals surface area contributed by atoms with Crippen molar-refractivity contribution in [1.82, 2.24) is 0 Å². The molecule has 0 aromatic heterocycles.